The van der Waals surface area contributed by atoms with Gasteiger partial charge in [0, 0.05) is 71.5 Å². The van der Waals surface area contributed by atoms with Gasteiger partial charge < -0.3 is 19.7 Å². The normalized spacial score (nSPS) is 18.3. The Labute approximate surface area is 208 Å². The lowest BCUT2D eigenvalue weighted by molar-refractivity contribution is 0.0950. The highest BCUT2D eigenvalue weighted by molar-refractivity contribution is 6.31. The molecule has 0 radical (unpaired) electrons. The molecule has 34 heavy (non-hydrogen) atoms. The molecule has 1 aromatic carbocycles. The van der Waals surface area contributed by atoms with E-state index in [9.17, 15) is 9.59 Å². The molecule has 2 aromatic rings. The zero-order valence-electron chi connectivity index (χ0n) is 21.7. The number of aryl methyl sites for hydroxylation is 1. The molecule has 1 heterocycles. The van der Waals surface area contributed by atoms with Crippen molar-refractivity contribution in [3.63, 3.8) is 0 Å². The molecule has 1 aliphatic carbocycles. The van der Waals surface area contributed by atoms with Crippen LogP contribution < -0.4 is 15.6 Å². The Morgan fingerprint density at radius 3 is 2.29 bits per heavy atom. The third-order valence-electron chi connectivity index (χ3n) is 7.61. The number of pyridine rings is 1. The summed E-state index contributed by atoms with van der Waals surface area (Å²) < 4.78 is 1.97. The van der Waals surface area contributed by atoms with Crippen LogP contribution in [0.4, 0.5) is 5.69 Å². The molecule has 0 atom stereocenters. The minimum Gasteiger partial charge on any atom is -0.369 e. The van der Waals surface area contributed by atoms with E-state index < -0.39 is 0 Å². The Morgan fingerprint density at radius 2 is 1.71 bits per heavy atom. The fourth-order valence-corrected chi connectivity index (χ4v) is 5.42. The highest BCUT2D eigenvalue weighted by Crippen LogP contribution is 2.34. The summed E-state index contributed by atoms with van der Waals surface area (Å²) >= 11 is 6.51. The number of hydrogen-bond acceptors (Lipinski definition) is 4. The molecule has 1 amide bonds. The van der Waals surface area contributed by atoms with E-state index >= 15 is 0 Å². The maximum Gasteiger partial charge on any atom is 0.251 e. The first-order valence-corrected chi connectivity index (χ1v) is 12.6. The van der Waals surface area contributed by atoms with E-state index in [1.165, 1.54) is 12.8 Å². The zero-order valence-corrected chi connectivity index (χ0v) is 22.4. The number of anilines is 1. The fraction of sp³-hybridized carbons (Fsp3) is 0.556. The lowest BCUT2D eigenvalue weighted by atomic mass is 9.89. The molecule has 1 N–H and O–H groups in total. The minimum absolute atomic E-state index is 0.0533. The van der Waals surface area contributed by atoms with Crippen molar-refractivity contribution < 1.29 is 4.79 Å². The number of amides is 1. The van der Waals surface area contributed by atoms with Crippen molar-refractivity contribution in [3.8, 4) is 0 Å². The van der Waals surface area contributed by atoms with Gasteiger partial charge in [-0.3, -0.25) is 9.59 Å². The van der Waals surface area contributed by atoms with Crippen molar-refractivity contribution in [1.82, 2.24) is 14.8 Å². The predicted molar refractivity (Wildman–Crippen MR) is 141 cm³/mol. The summed E-state index contributed by atoms with van der Waals surface area (Å²) in [5, 5.41) is 3.51. The average Bonchev–Trinajstić information content (AvgIpc) is 2.80. The summed E-state index contributed by atoms with van der Waals surface area (Å²) in [6.07, 6.45) is 4.60. The SMILES string of the molecule is CCN(c1cc(Cl)cc(C(=O)NCc2c(C)n(C)c(C)cc2=O)c1C)C1CCC(N(C)C)CC1. The monoisotopic (exact) mass is 486 g/mol. The third kappa shape index (κ3) is 5.49. The number of nitrogens with zero attached hydrogens (tertiary/aromatic N) is 3. The van der Waals surface area contributed by atoms with Gasteiger partial charge in [0.15, 0.2) is 5.43 Å². The number of hydrogen-bond donors (Lipinski definition) is 1. The van der Waals surface area contributed by atoms with Gasteiger partial charge in [0.1, 0.15) is 0 Å². The van der Waals surface area contributed by atoms with Gasteiger partial charge in [-0.15, -0.1) is 0 Å². The molecule has 0 aliphatic heterocycles. The highest BCUT2D eigenvalue weighted by Gasteiger charge is 2.28. The Hall–Kier alpha value is -2.31. The van der Waals surface area contributed by atoms with Gasteiger partial charge in [0.25, 0.3) is 5.91 Å². The van der Waals surface area contributed by atoms with E-state index in [1.807, 2.05) is 38.5 Å². The maximum absolute atomic E-state index is 13.2. The van der Waals surface area contributed by atoms with Gasteiger partial charge in [-0.1, -0.05) is 11.6 Å². The Kier molecular flexibility index (Phi) is 8.47. The second-order valence-corrected chi connectivity index (χ2v) is 10.2. The lowest BCUT2D eigenvalue weighted by Crippen LogP contribution is -2.42. The first-order chi connectivity index (χ1) is 16.0. The van der Waals surface area contributed by atoms with Crippen LogP contribution in [0.3, 0.4) is 0 Å². The van der Waals surface area contributed by atoms with E-state index in [4.69, 9.17) is 11.6 Å². The van der Waals surface area contributed by atoms with Crippen LogP contribution in [0.2, 0.25) is 5.02 Å². The molecule has 6 nitrogen and oxygen atoms in total. The lowest BCUT2D eigenvalue weighted by Gasteiger charge is -2.40. The van der Waals surface area contributed by atoms with Crippen molar-refractivity contribution >= 4 is 23.2 Å². The molecule has 0 bridgehead atoms. The Balaban J connectivity index is 1.83. The van der Waals surface area contributed by atoms with E-state index in [-0.39, 0.29) is 17.9 Å². The van der Waals surface area contributed by atoms with Crippen molar-refractivity contribution in [1.29, 1.82) is 0 Å². The van der Waals surface area contributed by atoms with Crippen molar-refractivity contribution in [3.05, 3.63) is 61.5 Å². The van der Waals surface area contributed by atoms with Crippen molar-refractivity contribution in [2.45, 2.75) is 72.0 Å². The van der Waals surface area contributed by atoms with E-state index in [1.54, 1.807) is 12.1 Å². The molecule has 3 rings (SSSR count). The van der Waals surface area contributed by atoms with Crippen LogP contribution >= 0.6 is 11.6 Å². The number of halogens is 1. The van der Waals surface area contributed by atoms with Gasteiger partial charge in [0.2, 0.25) is 0 Å². The van der Waals surface area contributed by atoms with Crippen LogP contribution in [-0.4, -0.2) is 48.1 Å². The molecular weight excluding hydrogens is 448 g/mol. The van der Waals surface area contributed by atoms with E-state index in [0.29, 0.717) is 28.2 Å². The molecule has 7 heteroatoms. The second kappa shape index (κ2) is 11.0. The van der Waals surface area contributed by atoms with Gasteiger partial charge in [-0.2, -0.15) is 0 Å². The standard InChI is InChI=1S/C27H39ClN4O2/c1-8-32(22-11-9-21(10-12-22)30(5)6)25-15-20(28)14-23(18(25)3)27(34)29-16-24-19(4)31(7)17(2)13-26(24)33/h13-15,21-22H,8-12,16H2,1-7H3,(H,29,34). The summed E-state index contributed by atoms with van der Waals surface area (Å²) in [7, 11) is 6.24. The van der Waals surface area contributed by atoms with E-state index in [2.05, 4.69) is 36.1 Å². The molecule has 186 valence electrons. The Bertz CT molecular complexity index is 1100. The molecule has 1 saturated carbocycles. The largest absolute Gasteiger partial charge is 0.369 e. The summed E-state index contributed by atoms with van der Waals surface area (Å²) in [6.45, 7) is 9.00. The second-order valence-electron chi connectivity index (χ2n) is 9.77. The van der Waals surface area contributed by atoms with Crippen LogP contribution in [0.15, 0.2) is 23.0 Å². The molecule has 0 spiro atoms. The number of carbonyl (C=O) groups excluding carboxylic acids is 1. The summed E-state index contributed by atoms with van der Waals surface area (Å²) in [5.41, 5.74) is 4.82. The highest BCUT2D eigenvalue weighted by atomic mass is 35.5. The van der Waals surface area contributed by atoms with Gasteiger partial charge in [-0.05, 0) is 85.2 Å². The molecular formula is C27H39ClN4O2. The summed E-state index contributed by atoms with van der Waals surface area (Å²) in [5.74, 6) is -0.212. The van der Waals surface area contributed by atoms with Crippen LogP contribution in [-0.2, 0) is 13.6 Å². The first kappa shape index (κ1) is 26.3. The average molecular weight is 487 g/mol. The maximum atomic E-state index is 13.2. The Morgan fingerprint density at radius 1 is 1.09 bits per heavy atom. The smallest absolute Gasteiger partial charge is 0.251 e. The van der Waals surface area contributed by atoms with Crippen molar-refractivity contribution in [2.75, 3.05) is 25.5 Å². The zero-order chi connectivity index (χ0) is 25.2. The minimum atomic E-state index is -0.212. The third-order valence-corrected chi connectivity index (χ3v) is 7.83. The summed E-state index contributed by atoms with van der Waals surface area (Å²) in [6, 6.07) is 6.39. The topological polar surface area (TPSA) is 57.6 Å². The van der Waals surface area contributed by atoms with E-state index in [0.717, 1.165) is 42.0 Å². The van der Waals surface area contributed by atoms with Gasteiger partial charge in [0.05, 0.1) is 0 Å². The predicted octanol–water partition coefficient (Wildman–Crippen LogP) is 4.59. The molecule has 0 saturated heterocycles. The van der Waals surface area contributed by atoms with Crippen molar-refractivity contribution in [2.24, 2.45) is 7.05 Å². The quantitative estimate of drug-likeness (QED) is 0.621. The molecule has 1 aromatic heterocycles. The van der Waals surface area contributed by atoms with Crippen LogP contribution in [0.1, 0.15) is 65.5 Å². The van der Waals surface area contributed by atoms with Gasteiger partial charge >= 0.3 is 0 Å². The number of rotatable bonds is 7. The van der Waals surface area contributed by atoms with Crippen LogP contribution in [0.5, 0.6) is 0 Å². The molecule has 0 unspecified atom stereocenters. The number of aromatic nitrogens is 1. The van der Waals surface area contributed by atoms with Gasteiger partial charge in [-0.25, -0.2) is 0 Å². The number of nitrogens with one attached hydrogen (secondary N) is 1. The number of benzene rings is 1. The molecule has 1 fully saturated rings. The van der Waals surface area contributed by atoms with Crippen LogP contribution in [0, 0.1) is 20.8 Å². The van der Waals surface area contributed by atoms with Crippen LogP contribution in [0.25, 0.3) is 0 Å². The number of carbonyl (C=O) groups is 1. The summed E-state index contributed by atoms with van der Waals surface area (Å²) in [4.78, 5) is 30.5. The first-order valence-electron chi connectivity index (χ1n) is 12.2. The fourth-order valence-electron chi connectivity index (χ4n) is 5.21. The molecule has 1 aliphatic rings.